The first kappa shape index (κ1) is 12.9. The van der Waals surface area contributed by atoms with E-state index in [1.165, 1.54) is 0 Å². The second-order valence-corrected chi connectivity index (χ2v) is 5.10. The van der Waals surface area contributed by atoms with Gasteiger partial charge in [0.05, 0.1) is 35.2 Å². The SMILES string of the molecule is CCCn1ncc(Cl)c1C(N)C1CCC(C)O1. The van der Waals surface area contributed by atoms with E-state index in [0.29, 0.717) is 11.1 Å². The third-order valence-electron chi connectivity index (χ3n) is 3.25. The summed E-state index contributed by atoms with van der Waals surface area (Å²) in [5.74, 6) is 0. The maximum atomic E-state index is 6.27. The molecule has 1 fully saturated rings. The predicted molar refractivity (Wildman–Crippen MR) is 68.0 cm³/mol. The van der Waals surface area contributed by atoms with E-state index in [1.54, 1.807) is 6.20 Å². The van der Waals surface area contributed by atoms with Gasteiger partial charge in [-0.05, 0) is 26.2 Å². The minimum atomic E-state index is -0.179. The molecule has 1 saturated heterocycles. The van der Waals surface area contributed by atoms with Gasteiger partial charge in [-0.25, -0.2) is 0 Å². The van der Waals surface area contributed by atoms with Crippen molar-refractivity contribution in [2.75, 3.05) is 0 Å². The van der Waals surface area contributed by atoms with E-state index in [4.69, 9.17) is 22.1 Å². The van der Waals surface area contributed by atoms with E-state index < -0.39 is 0 Å². The largest absolute Gasteiger partial charge is 0.373 e. The zero-order valence-electron chi connectivity index (χ0n) is 10.4. The first-order chi connectivity index (χ1) is 8.13. The van der Waals surface area contributed by atoms with Crippen LogP contribution in [0.15, 0.2) is 6.20 Å². The van der Waals surface area contributed by atoms with Crippen LogP contribution < -0.4 is 5.73 Å². The number of hydrogen-bond donors (Lipinski definition) is 1. The number of nitrogens with zero attached hydrogens (tertiary/aromatic N) is 2. The van der Waals surface area contributed by atoms with E-state index in [0.717, 1.165) is 31.5 Å². The van der Waals surface area contributed by atoms with Crippen molar-refractivity contribution in [1.29, 1.82) is 0 Å². The fourth-order valence-electron chi connectivity index (χ4n) is 2.37. The van der Waals surface area contributed by atoms with Crippen LogP contribution in [-0.4, -0.2) is 22.0 Å². The molecule has 17 heavy (non-hydrogen) atoms. The van der Waals surface area contributed by atoms with Crippen LogP contribution in [0, 0.1) is 0 Å². The van der Waals surface area contributed by atoms with Gasteiger partial charge in [-0.1, -0.05) is 18.5 Å². The zero-order chi connectivity index (χ0) is 12.4. The lowest BCUT2D eigenvalue weighted by molar-refractivity contribution is 0.0384. The van der Waals surface area contributed by atoms with Gasteiger partial charge >= 0.3 is 0 Å². The number of rotatable bonds is 4. The van der Waals surface area contributed by atoms with Crippen LogP contribution in [0.25, 0.3) is 0 Å². The summed E-state index contributed by atoms with van der Waals surface area (Å²) in [5.41, 5.74) is 7.18. The molecule has 4 nitrogen and oxygen atoms in total. The molecule has 96 valence electrons. The smallest absolute Gasteiger partial charge is 0.0835 e. The van der Waals surface area contributed by atoms with Crippen molar-refractivity contribution in [2.24, 2.45) is 5.73 Å². The summed E-state index contributed by atoms with van der Waals surface area (Å²) >= 11 is 6.17. The van der Waals surface area contributed by atoms with Crippen LogP contribution in [0.4, 0.5) is 0 Å². The highest BCUT2D eigenvalue weighted by Crippen LogP contribution is 2.31. The molecule has 0 amide bonds. The molecule has 1 aromatic heterocycles. The van der Waals surface area contributed by atoms with Gasteiger partial charge in [-0.3, -0.25) is 4.68 Å². The second kappa shape index (κ2) is 5.38. The van der Waals surface area contributed by atoms with Gasteiger partial charge in [0.2, 0.25) is 0 Å². The monoisotopic (exact) mass is 257 g/mol. The van der Waals surface area contributed by atoms with E-state index in [9.17, 15) is 0 Å². The maximum absolute atomic E-state index is 6.27. The van der Waals surface area contributed by atoms with Crippen LogP contribution in [0.2, 0.25) is 5.02 Å². The number of hydrogen-bond acceptors (Lipinski definition) is 3. The summed E-state index contributed by atoms with van der Waals surface area (Å²) < 4.78 is 7.71. The van der Waals surface area contributed by atoms with Crippen molar-refractivity contribution in [2.45, 2.75) is 57.9 Å². The lowest BCUT2D eigenvalue weighted by atomic mass is 10.1. The summed E-state index contributed by atoms with van der Waals surface area (Å²) in [7, 11) is 0. The lowest BCUT2D eigenvalue weighted by Gasteiger charge is -2.21. The highest BCUT2D eigenvalue weighted by atomic mass is 35.5. The van der Waals surface area contributed by atoms with Gasteiger partial charge in [0.15, 0.2) is 0 Å². The number of aryl methyl sites for hydroxylation is 1. The van der Waals surface area contributed by atoms with Crippen molar-refractivity contribution in [3.63, 3.8) is 0 Å². The quantitative estimate of drug-likeness (QED) is 0.902. The Morgan fingerprint density at radius 3 is 3.00 bits per heavy atom. The van der Waals surface area contributed by atoms with E-state index >= 15 is 0 Å². The topological polar surface area (TPSA) is 53.1 Å². The Kier molecular flexibility index (Phi) is 4.07. The van der Waals surface area contributed by atoms with Crippen molar-refractivity contribution in [3.8, 4) is 0 Å². The average molecular weight is 258 g/mol. The predicted octanol–water partition coefficient (Wildman–Crippen LogP) is 2.51. The highest BCUT2D eigenvalue weighted by molar-refractivity contribution is 6.31. The molecule has 0 spiro atoms. The molecular formula is C12H20ClN3O. The van der Waals surface area contributed by atoms with Crippen molar-refractivity contribution in [3.05, 3.63) is 16.9 Å². The van der Waals surface area contributed by atoms with Crippen LogP contribution in [-0.2, 0) is 11.3 Å². The van der Waals surface area contributed by atoms with Crippen molar-refractivity contribution >= 4 is 11.6 Å². The number of aromatic nitrogens is 2. The maximum Gasteiger partial charge on any atom is 0.0835 e. The number of nitrogens with two attached hydrogens (primary N) is 1. The van der Waals surface area contributed by atoms with Gasteiger partial charge < -0.3 is 10.5 Å². The summed E-state index contributed by atoms with van der Waals surface area (Å²) in [6, 6.07) is -0.179. The van der Waals surface area contributed by atoms with Crippen LogP contribution >= 0.6 is 11.6 Å². The summed E-state index contributed by atoms with van der Waals surface area (Å²) in [6.07, 6.45) is 5.11. The van der Waals surface area contributed by atoms with Crippen molar-refractivity contribution in [1.82, 2.24) is 9.78 Å². The molecule has 5 heteroatoms. The van der Waals surface area contributed by atoms with Gasteiger partial charge in [0, 0.05) is 6.54 Å². The Labute approximate surface area is 107 Å². The first-order valence-corrected chi connectivity index (χ1v) is 6.63. The summed E-state index contributed by atoms with van der Waals surface area (Å²) in [5, 5.41) is 4.91. The van der Waals surface area contributed by atoms with Gasteiger partial charge in [-0.15, -0.1) is 0 Å². The molecule has 2 N–H and O–H groups in total. The van der Waals surface area contributed by atoms with Crippen LogP contribution in [0.5, 0.6) is 0 Å². The standard InChI is InChI=1S/C12H20ClN3O/c1-3-6-16-12(9(13)7-15-16)11(14)10-5-4-8(2)17-10/h7-8,10-11H,3-6,14H2,1-2H3. The molecule has 2 rings (SSSR count). The van der Waals surface area contributed by atoms with E-state index in [2.05, 4.69) is 18.9 Å². The third kappa shape index (κ3) is 2.64. The fourth-order valence-corrected chi connectivity index (χ4v) is 2.63. The van der Waals surface area contributed by atoms with Gasteiger partial charge in [0.25, 0.3) is 0 Å². The Bertz CT molecular complexity index is 380. The molecule has 3 unspecified atom stereocenters. The van der Waals surface area contributed by atoms with E-state index in [1.807, 2.05) is 4.68 Å². The molecule has 0 bridgehead atoms. The second-order valence-electron chi connectivity index (χ2n) is 4.69. The molecule has 0 aliphatic carbocycles. The fraction of sp³-hybridized carbons (Fsp3) is 0.750. The molecule has 1 aromatic rings. The first-order valence-electron chi connectivity index (χ1n) is 6.25. The zero-order valence-corrected chi connectivity index (χ0v) is 11.2. The van der Waals surface area contributed by atoms with Gasteiger partial charge in [-0.2, -0.15) is 5.10 Å². The Morgan fingerprint density at radius 1 is 1.65 bits per heavy atom. The molecule has 0 aromatic carbocycles. The third-order valence-corrected chi connectivity index (χ3v) is 3.54. The summed E-state index contributed by atoms with van der Waals surface area (Å²) in [6.45, 7) is 5.04. The minimum Gasteiger partial charge on any atom is -0.373 e. The molecule has 1 aliphatic rings. The molecule has 3 atom stereocenters. The molecule has 0 saturated carbocycles. The molecule has 0 radical (unpaired) electrons. The normalized spacial score (nSPS) is 26.4. The molecule has 2 heterocycles. The van der Waals surface area contributed by atoms with Crippen molar-refractivity contribution < 1.29 is 4.74 Å². The Hall–Kier alpha value is -0.580. The number of halogens is 1. The lowest BCUT2D eigenvalue weighted by Crippen LogP contribution is -2.29. The van der Waals surface area contributed by atoms with Gasteiger partial charge in [0.1, 0.15) is 0 Å². The Balaban J connectivity index is 2.17. The Morgan fingerprint density at radius 2 is 2.41 bits per heavy atom. The molecular weight excluding hydrogens is 238 g/mol. The van der Waals surface area contributed by atoms with Crippen LogP contribution in [0.3, 0.4) is 0 Å². The molecule has 1 aliphatic heterocycles. The highest BCUT2D eigenvalue weighted by Gasteiger charge is 2.31. The average Bonchev–Trinajstić information content (AvgIpc) is 2.86. The number of ether oxygens (including phenoxy) is 1. The van der Waals surface area contributed by atoms with Crippen LogP contribution in [0.1, 0.15) is 44.8 Å². The minimum absolute atomic E-state index is 0.0646. The van der Waals surface area contributed by atoms with E-state index in [-0.39, 0.29) is 12.1 Å². The summed E-state index contributed by atoms with van der Waals surface area (Å²) in [4.78, 5) is 0.